The Kier molecular flexibility index (Phi) is 4.55. The van der Waals surface area contributed by atoms with Crippen molar-refractivity contribution in [2.45, 2.75) is 25.4 Å². The SMILES string of the molecule is CN1C(=O)CCC1CN1CC(Cn2nc(-c3ccncc3)ccc2=O)C1. The van der Waals surface area contributed by atoms with Crippen LogP contribution in [0.5, 0.6) is 0 Å². The van der Waals surface area contributed by atoms with Crippen LogP contribution in [0.4, 0.5) is 0 Å². The first-order valence-electron chi connectivity index (χ1n) is 9.07. The summed E-state index contributed by atoms with van der Waals surface area (Å²) >= 11 is 0. The molecule has 0 saturated carbocycles. The van der Waals surface area contributed by atoms with Crippen molar-refractivity contribution in [3.05, 3.63) is 47.0 Å². The first-order valence-corrected chi connectivity index (χ1v) is 9.07. The van der Waals surface area contributed by atoms with Crippen LogP contribution >= 0.6 is 0 Å². The van der Waals surface area contributed by atoms with Crippen molar-refractivity contribution in [1.29, 1.82) is 0 Å². The van der Waals surface area contributed by atoms with E-state index in [-0.39, 0.29) is 11.5 Å². The third kappa shape index (κ3) is 3.39. The molecule has 7 nitrogen and oxygen atoms in total. The Morgan fingerprint density at radius 3 is 2.54 bits per heavy atom. The summed E-state index contributed by atoms with van der Waals surface area (Å²) < 4.78 is 1.57. The number of nitrogens with zero attached hydrogens (tertiary/aromatic N) is 5. The highest BCUT2D eigenvalue weighted by Crippen LogP contribution is 2.23. The Morgan fingerprint density at radius 1 is 1.08 bits per heavy atom. The van der Waals surface area contributed by atoms with Crippen LogP contribution in [0.25, 0.3) is 11.3 Å². The third-order valence-electron chi connectivity index (χ3n) is 5.41. The number of aromatic nitrogens is 3. The zero-order valence-corrected chi connectivity index (χ0v) is 14.9. The summed E-state index contributed by atoms with van der Waals surface area (Å²) in [6.45, 7) is 3.46. The summed E-state index contributed by atoms with van der Waals surface area (Å²) in [7, 11) is 1.89. The van der Waals surface area contributed by atoms with Crippen molar-refractivity contribution < 1.29 is 4.79 Å². The number of carbonyl (C=O) groups excluding carboxylic acids is 1. The molecule has 1 atom stereocenters. The number of hydrogen-bond donors (Lipinski definition) is 0. The van der Waals surface area contributed by atoms with Gasteiger partial charge in [-0.05, 0) is 24.6 Å². The van der Waals surface area contributed by atoms with Crippen LogP contribution in [0.2, 0.25) is 0 Å². The fraction of sp³-hybridized carbons (Fsp3) is 0.474. The van der Waals surface area contributed by atoms with E-state index in [0.717, 1.165) is 37.3 Å². The molecule has 0 aliphatic carbocycles. The van der Waals surface area contributed by atoms with Gasteiger partial charge in [-0.25, -0.2) is 4.68 Å². The second kappa shape index (κ2) is 6.99. The summed E-state index contributed by atoms with van der Waals surface area (Å²) in [4.78, 5) is 32.0. The van der Waals surface area contributed by atoms with E-state index in [1.54, 1.807) is 29.2 Å². The first kappa shape index (κ1) is 16.9. The van der Waals surface area contributed by atoms with Crippen LogP contribution in [0, 0.1) is 5.92 Å². The molecule has 2 aliphatic rings. The molecule has 4 heterocycles. The first-order chi connectivity index (χ1) is 12.6. The maximum absolute atomic E-state index is 12.1. The number of amides is 1. The van der Waals surface area contributed by atoms with E-state index >= 15 is 0 Å². The van der Waals surface area contributed by atoms with E-state index in [1.165, 1.54) is 0 Å². The van der Waals surface area contributed by atoms with Gasteiger partial charge in [-0.3, -0.25) is 14.6 Å². The van der Waals surface area contributed by atoms with E-state index in [9.17, 15) is 9.59 Å². The van der Waals surface area contributed by atoms with Gasteiger partial charge in [0.1, 0.15) is 0 Å². The van der Waals surface area contributed by atoms with E-state index in [2.05, 4.69) is 15.0 Å². The molecule has 136 valence electrons. The Morgan fingerprint density at radius 2 is 1.85 bits per heavy atom. The van der Waals surface area contributed by atoms with Crippen molar-refractivity contribution in [3.63, 3.8) is 0 Å². The smallest absolute Gasteiger partial charge is 0.266 e. The monoisotopic (exact) mass is 353 g/mol. The van der Waals surface area contributed by atoms with Crippen LogP contribution < -0.4 is 5.56 Å². The molecular formula is C19H23N5O2. The van der Waals surface area contributed by atoms with Gasteiger partial charge >= 0.3 is 0 Å². The van der Waals surface area contributed by atoms with Crippen molar-refractivity contribution in [1.82, 2.24) is 24.6 Å². The molecule has 0 aromatic carbocycles. The highest BCUT2D eigenvalue weighted by atomic mass is 16.2. The normalized spacial score (nSPS) is 21.2. The van der Waals surface area contributed by atoms with Gasteiger partial charge in [-0.2, -0.15) is 5.10 Å². The Labute approximate surface area is 152 Å². The second-order valence-corrected chi connectivity index (χ2v) is 7.26. The quantitative estimate of drug-likeness (QED) is 0.797. The number of hydrogen-bond acceptors (Lipinski definition) is 5. The van der Waals surface area contributed by atoms with Crippen molar-refractivity contribution in [2.75, 3.05) is 26.7 Å². The number of likely N-dealkylation sites (N-methyl/N-ethyl adjacent to an activating group) is 1. The lowest BCUT2D eigenvalue weighted by atomic mass is 9.99. The average Bonchev–Trinajstić information content (AvgIpc) is 2.94. The van der Waals surface area contributed by atoms with Crippen LogP contribution in [0.1, 0.15) is 12.8 Å². The van der Waals surface area contributed by atoms with Crippen LogP contribution in [0.3, 0.4) is 0 Å². The van der Waals surface area contributed by atoms with Crippen LogP contribution in [-0.4, -0.2) is 63.2 Å². The Balaban J connectivity index is 1.36. The molecule has 1 amide bonds. The van der Waals surface area contributed by atoms with Gasteiger partial charge in [-0.15, -0.1) is 0 Å². The molecule has 2 aromatic rings. The van der Waals surface area contributed by atoms with Gasteiger partial charge in [-0.1, -0.05) is 0 Å². The molecule has 1 unspecified atom stereocenters. The molecule has 7 heteroatoms. The highest BCUT2D eigenvalue weighted by molar-refractivity contribution is 5.78. The van der Waals surface area contributed by atoms with Gasteiger partial charge < -0.3 is 9.80 Å². The lowest BCUT2D eigenvalue weighted by Gasteiger charge is -2.41. The summed E-state index contributed by atoms with van der Waals surface area (Å²) in [5.41, 5.74) is 1.68. The lowest BCUT2D eigenvalue weighted by Crippen LogP contribution is -2.53. The molecule has 2 fully saturated rings. The maximum Gasteiger partial charge on any atom is 0.266 e. The molecule has 2 saturated heterocycles. The molecular weight excluding hydrogens is 330 g/mol. The number of carbonyl (C=O) groups is 1. The number of pyridine rings is 1. The maximum atomic E-state index is 12.1. The Hall–Kier alpha value is -2.54. The minimum atomic E-state index is -0.0672. The zero-order chi connectivity index (χ0) is 18.1. The van der Waals surface area contributed by atoms with E-state index in [4.69, 9.17) is 0 Å². The van der Waals surface area contributed by atoms with E-state index in [0.29, 0.717) is 24.9 Å². The van der Waals surface area contributed by atoms with E-state index < -0.39 is 0 Å². The topological polar surface area (TPSA) is 71.3 Å². The number of rotatable bonds is 5. The highest BCUT2D eigenvalue weighted by Gasteiger charge is 2.34. The molecule has 0 bridgehead atoms. The van der Waals surface area contributed by atoms with Crippen LogP contribution in [0.15, 0.2) is 41.5 Å². The fourth-order valence-corrected chi connectivity index (χ4v) is 3.82. The van der Waals surface area contributed by atoms with Gasteiger partial charge in [0.25, 0.3) is 5.56 Å². The zero-order valence-electron chi connectivity index (χ0n) is 14.9. The van der Waals surface area contributed by atoms with Gasteiger partial charge in [0.15, 0.2) is 0 Å². The predicted molar refractivity (Wildman–Crippen MR) is 97.5 cm³/mol. The molecule has 0 N–H and O–H groups in total. The second-order valence-electron chi connectivity index (χ2n) is 7.26. The standard InChI is InChI=1S/C19H23N5O2/c1-22-16(2-4-18(22)25)13-23-10-14(11-23)12-24-19(26)5-3-17(21-24)15-6-8-20-9-7-15/h3,5-9,14,16H,2,4,10-13H2,1H3. The summed E-state index contributed by atoms with van der Waals surface area (Å²) in [5.74, 6) is 0.672. The van der Waals surface area contributed by atoms with Crippen molar-refractivity contribution in [3.8, 4) is 11.3 Å². The van der Waals surface area contributed by atoms with E-state index in [1.807, 2.05) is 24.1 Å². The summed E-state index contributed by atoms with van der Waals surface area (Å²) in [5, 5.41) is 4.52. The van der Waals surface area contributed by atoms with Gasteiger partial charge in [0.05, 0.1) is 12.2 Å². The summed E-state index contributed by atoms with van der Waals surface area (Å²) in [6.07, 6.45) is 5.06. The molecule has 26 heavy (non-hydrogen) atoms. The van der Waals surface area contributed by atoms with Gasteiger partial charge in [0.2, 0.25) is 5.91 Å². The average molecular weight is 353 g/mol. The molecule has 2 aliphatic heterocycles. The van der Waals surface area contributed by atoms with Crippen molar-refractivity contribution >= 4 is 5.91 Å². The fourth-order valence-electron chi connectivity index (χ4n) is 3.82. The minimum Gasteiger partial charge on any atom is -0.341 e. The van der Waals surface area contributed by atoms with Crippen LogP contribution in [-0.2, 0) is 11.3 Å². The summed E-state index contributed by atoms with van der Waals surface area (Å²) in [6, 6.07) is 7.45. The van der Waals surface area contributed by atoms with Gasteiger partial charge in [0, 0.05) is 69.1 Å². The lowest BCUT2D eigenvalue weighted by molar-refractivity contribution is -0.128. The molecule has 0 radical (unpaired) electrons. The van der Waals surface area contributed by atoms with Crippen molar-refractivity contribution in [2.24, 2.45) is 5.92 Å². The molecule has 4 rings (SSSR count). The number of likely N-dealkylation sites (tertiary alicyclic amines) is 2. The third-order valence-corrected chi connectivity index (χ3v) is 5.41. The largest absolute Gasteiger partial charge is 0.341 e. The molecule has 0 spiro atoms. The Bertz CT molecular complexity index is 845. The molecule has 2 aromatic heterocycles. The predicted octanol–water partition coefficient (Wildman–Crippen LogP) is 0.858. The minimum absolute atomic E-state index is 0.0672.